The first kappa shape index (κ1) is 15.1. The van der Waals surface area contributed by atoms with E-state index in [0.29, 0.717) is 6.42 Å². The van der Waals surface area contributed by atoms with Gasteiger partial charge in [0.25, 0.3) is 3.79 Å². The fourth-order valence-electron chi connectivity index (χ4n) is 1.44. The zero-order valence-electron chi connectivity index (χ0n) is 9.59. The molecule has 6 heteroatoms. The smallest absolute Gasteiger partial charge is 0.265 e. The molecule has 0 saturated heterocycles. The third-order valence-corrected chi connectivity index (χ3v) is 2.88. The zero-order valence-corrected chi connectivity index (χ0v) is 11.9. The lowest BCUT2D eigenvalue weighted by Crippen LogP contribution is -2.26. The van der Waals surface area contributed by atoms with Crippen molar-refractivity contribution in [1.82, 2.24) is 0 Å². The maximum absolute atomic E-state index is 7.45. The van der Waals surface area contributed by atoms with Crippen molar-refractivity contribution in [1.29, 1.82) is 5.41 Å². The number of hydrogen-bond donors (Lipinski definition) is 1. The first-order valence-corrected chi connectivity index (χ1v) is 6.69. The van der Waals surface area contributed by atoms with Crippen LogP contribution in [0, 0.1) is 5.41 Å². The molecule has 0 spiro atoms. The summed E-state index contributed by atoms with van der Waals surface area (Å²) < 4.78 is 9.04. The molecule has 2 atom stereocenters. The molecule has 0 aromatic carbocycles. The van der Waals surface area contributed by atoms with E-state index < -0.39 is 3.79 Å². The summed E-state index contributed by atoms with van der Waals surface area (Å²) in [5.41, 5.74) is 0. The minimum absolute atomic E-state index is 0.0368. The Hall–Kier alpha value is 0.0400. The van der Waals surface area contributed by atoms with Gasteiger partial charge in [0.05, 0.1) is 6.10 Å². The molecule has 17 heavy (non-hydrogen) atoms. The highest BCUT2D eigenvalue weighted by atomic mass is 35.6. The number of unbranched alkanes of at least 4 members (excludes halogenated alkanes) is 1. The van der Waals surface area contributed by atoms with E-state index >= 15 is 0 Å². The van der Waals surface area contributed by atoms with Gasteiger partial charge in [-0.05, 0) is 12.5 Å². The summed E-state index contributed by atoms with van der Waals surface area (Å²) in [5.74, 6) is -0.355. The van der Waals surface area contributed by atoms with Crippen molar-refractivity contribution in [2.45, 2.75) is 42.2 Å². The Bertz CT molecular complexity index is 289. The van der Waals surface area contributed by atoms with Crippen molar-refractivity contribution in [3.63, 3.8) is 0 Å². The molecule has 1 aliphatic rings. The van der Waals surface area contributed by atoms with E-state index in [1.165, 1.54) is 0 Å². The monoisotopic (exact) mass is 299 g/mol. The highest BCUT2D eigenvalue weighted by Crippen LogP contribution is 2.29. The summed E-state index contributed by atoms with van der Waals surface area (Å²) in [6.07, 6.45) is 6.36. The molecule has 3 nitrogen and oxygen atoms in total. The van der Waals surface area contributed by atoms with Gasteiger partial charge in [0, 0.05) is 13.0 Å². The normalized spacial score (nSPS) is 24.0. The van der Waals surface area contributed by atoms with E-state index in [0.717, 1.165) is 19.4 Å². The van der Waals surface area contributed by atoms with Crippen LogP contribution in [0.2, 0.25) is 0 Å². The standard InChI is InChI=1S/C11H16Cl3NO2/c1-2-3-6-16-8-4-5-9(7-8)17-10(15)11(12,13)14/h4-5,8-9,15H,2-3,6-7H2,1H3/t8-,9+/m1/s1. The van der Waals surface area contributed by atoms with Crippen molar-refractivity contribution in [3.05, 3.63) is 12.2 Å². The first-order valence-electron chi connectivity index (χ1n) is 5.55. The Balaban J connectivity index is 2.27. The van der Waals surface area contributed by atoms with E-state index in [9.17, 15) is 0 Å². The molecule has 1 aliphatic carbocycles. The molecule has 0 radical (unpaired) electrons. The molecule has 0 heterocycles. The van der Waals surface area contributed by atoms with Crippen molar-refractivity contribution in [2.24, 2.45) is 0 Å². The Morgan fingerprint density at radius 3 is 2.59 bits per heavy atom. The van der Waals surface area contributed by atoms with E-state index in [1.807, 2.05) is 12.2 Å². The van der Waals surface area contributed by atoms with E-state index in [1.54, 1.807) is 0 Å². The lowest BCUT2D eigenvalue weighted by atomic mass is 10.2. The zero-order chi connectivity index (χ0) is 12.9. The summed E-state index contributed by atoms with van der Waals surface area (Å²) in [4.78, 5) is 0. The second kappa shape index (κ2) is 6.83. The van der Waals surface area contributed by atoms with Gasteiger partial charge in [-0.2, -0.15) is 0 Å². The maximum atomic E-state index is 7.45. The van der Waals surface area contributed by atoms with Crippen LogP contribution in [0.3, 0.4) is 0 Å². The topological polar surface area (TPSA) is 42.3 Å². The van der Waals surface area contributed by atoms with Crippen molar-refractivity contribution in [2.75, 3.05) is 6.61 Å². The SMILES string of the molecule is CCCCO[C@@H]1C=C[C@H](OC(=N)C(Cl)(Cl)Cl)C1. The quantitative estimate of drug-likeness (QED) is 0.275. The van der Waals surface area contributed by atoms with Crippen LogP contribution in [-0.4, -0.2) is 28.5 Å². The lowest BCUT2D eigenvalue weighted by Gasteiger charge is -2.18. The second-order valence-corrected chi connectivity index (χ2v) is 6.15. The van der Waals surface area contributed by atoms with Crippen molar-refractivity contribution >= 4 is 40.7 Å². The van der Waals surface area contributed by atoms with Crippen LogP contribution in [-0.2, 0) is 9.47 Å². The van der Waals surface area contributed by atoms with E-state index in [2.05, 4.69) is 6.92 Å². The summed E-state index contributed by atoms with van der Waals surface area (Å²) in [7, 11) is 0. The number of halogens is 3. The Morgan fingerprint density at radius 1 is 1.35 bits per heavy atom. The fourth-order valence-corrected chi connectivity index (χ4v) is 1.58. The third kappa shape index (κ3) is 5.47. The number of ether oxygens (including phenoxy) is 2. The molecule has 0 aromatic rings. The summed E-state index contributed by atoms with van der Waals surface area (Å²) in [5, 5.41) is 7.45. The van der Waals surface area contributed by atoms with Gasteiger partial charge < -0.3 is 9.47 Å². The number of rotatable bonds is 5. The third-order valence-electron chi connectivity index (χ3n) is 2.36. The first-order chi connectivity index (χ1) is 7.93. The van der Waals surface area contributed by atoms with Gasteiger partial charge in [-0.3, -0.25) is 5.41 Å². The summed E-state index contributed by atoms with van der Waals surface area (Å²) in [6.45, 7) is 2.85. The van der Waals surface area contributed by atoms with Gasteiger partial charge in [-0.1, -0.05) is 54.2 Å². The van der Waals surface area contributed by atoms with Gasteiger partial charge >= 0.3 is 0 Å². The van der Waals surface area contributed by atoms with Gasteiger partial charge in [-0.15, -0.1) is 0 Å². The Kier molecular flexibility index (Phi) is 6.07. The fraction of sp³-hybridized carbons (Fsp3) is 0.727. The molecule has 0 unspecified atom stereocenters. The highest BCUT2D eigenvalue weighted by Gasteiger charge is 2.32. The molecule has 0 amide bonds. The van der Waals surface area contributed by atoms with Gasteiger partial charge in [0.15, 0.2) is 0 Å². The molecule has 0 saturated carbocycles. The second-order valence-electron chi connectivity index (χ2n) is 3.87. The molecule has 0 aliphatic heterocycles. The van der Waals surface area contributed by atoms with Crippen LogP contribution in [0.1, 0.15) is 26.2 Å². The van der Waals surface area contributed by atoms with Crippen LogP contribution < -0.4 is 0 Å². The van der Waals surface area contributed by atoms with Crippen LogP contribution in [0.15, 0.2) is 12.2 Å². The van der Waals surface area contributed by atoms with Crippen LogP contribution >= 0.6 is 34.8 Å². The Labute approximate surface area is 117 Å². The van der Waals surface area contributed by atoms with Gasteiger partial charge in [0.2, 0.25) is 5.90 Å². The summed E-state index contributed by atoms with van der Waals surface area (Å²) >= 11 is 16.6. The number of hydrogen-bond acceptors (Lipinski definition) is 3. The van der Waals surface area contributed by atoms with Crippen molar-refractivity contribution in [3.8, 4) is 0 Å². The molecule has 0 aromatic heterocycles. The average molecular weight is 301 g/mol. The largest absolute Gasteiger partial charge is 0.470 e. The lowest BCUT2D eigenvalue weighted by molar-refractivity contribution is 0.0639. The van der Waals surface area contributed by atoms with E-state index in [4.69, 9.17) is 49.7 Å². The molecular weight excluding hydrogens is 284 g/mol. The molecular formula is C11H16Cl3NO2. The molecule has 98 valence electrons. The van der Waals surface area contributed by atoms with Gasteiger partial charge in [-0.25, -0.2) is 0 Å². The van der Waals surface area contributed by atoms with Crippen molar-refractivity contribution < 1.29 is 9.47 Å². The summed E-state index contributed by atoms with van der Waals surface area (Å²) in [6, 6.07) is 0. The molecule has 0 bridgehead atoms. The predicted molar refractivity (Wildman–Crippen MR) is 71.3 cm³/mol. The maximum Gasteiger partial charge on any atom is 0.265 e. The minimum atomic E-state index is -1.80. The number of nitrogens with one attached hydrogen (secondary N) is 1. The van der Waals surface area contributed by atoms with E-state index in [-0.39, 0.29) is 18.1 Å². The molecule has 1 N–H and O–H groups in total. The minimum Gasteiger partial charge on any atom is -0.470 e. The number of alkyl halides is 3. The molecule has 0 fully saturated rings. The highest BCUT2D eigenvalue weighted by molar-refractivity contribution is 6.76. The Morgan fingerprint density at radius 2 is 2.00 bits per heavy atom. The van der Waals surface area contributed by atoms with Gasteiger partial charge in [0.1, 0.15) is 6.10 Å². The van der Waals surface area contributed by atoms with Crippen LogP contribution in [0.25, 0.3) is 0 Å². The average Bonchev–Trinajstić information content (AvgIpc) is 2.65. The van der Waals surface area contributed by atoms with Crippen LogP contribution in [0.4, 0.5) is 0 Å². The van der Waals surface area contributed by atoms with Crippen LogP contribution in [0.5, 0.6) is 0 Å². The predicted octanol–water partition coefficient (Wildman–Crippen LogP) is 3.86. The molecule has 1 rings (SSSR count).